The highest BCUT2D eigenvalue weighted by molar-refractivity contribution is 7.85. The van der Waals surface area contributed by atoms with E-state index in [9.17, 15) is 9.00 Å². The van der Waals surface area contributed by atoms with Crippen LogP contribution in [0.5, 0.6) is 5.75 Å². The predicted molar refractivity (Wildman–Crippen MR) is 117 cm³/mol. The number of imidazole rings is 1. The molecular formula is C22H26N4O4S. The van der Waals surface area contributed by atoms with Crippen molar-refractivity contribution in [3.05, 3.63) is 47.8 Å². The summed E-state index contributed by atoms with van der Waals surface area (Å²) in [5, 5.41) is 0.0722. The normalized spacial score (nSPS) is 16.9. The zero-order valence-corrected chi connectivity index (χ0v) is 18.7. The Balaban J connectivity index is 1.76. The van der Waals surface area contributed by atoms with E-state index >= 15 is 0 Å². The number of carbonyl (C=O) groups is 1. The molecule has 0 saturated heterocycles. The fourth-order valence-electron chi connectivity index (χ4n) is 3.89. The van der Waals surface area contributed by atoms with Crippen molar-refractivity contribution in [1.82, 2.24) is 19.4 Å². The van der Waals surface area contributed by atoms with E-state index < -0.39 is 16.9 Å². The smallest absolute Gasteiger partial charge is 0.410 e. The minimum Gasteiger partial charge on any atom is -0.496 e. The van der Waals surface area contributed by atoms with E-state index in [4.69, 9.17) is 9.47 Å². The van der Waals surface area contributed by atoms with Crippen LogP contribution in [-0.2, 0) is 28.7 Å². The van der Waals surface area contributed by atoms with E-state index in [1.54, 1.807) is 32.0 Å². The van der Waals surface area contributed by atoms with Crippen LogP contribution in [0.15, 0.2) is 41.7 Å². The Bertz CT molecular complexity index is 1130. The van der Waals surface area contributed by atoms with Gasteiger partial charge in [-0.2, -0.15) is 0 Å². The van der Waals surface area contributed by atoms with E-state index in [1.807, 2.05) is 30.3 Å². The van der Waals surface area contributed by atoms with E-state index in [0.717, 1.165) is 48.2 Å². The molecule has 0 saturated carbocycles. The molecule has 0 radical (unpaired) electrons. The average molecular weight is 443 g/mol. The molecule has 8 nitrogen and oxygen atoms in total. The van der Waals surface area contributed by atoms with Gasteiger partial charge in [0, 0.05) is 25.9 Å². The van der Waals surface area contributed by atoms with Gasteiger partial charge in [0.1, 0.15) is 5.75 Å². The summed E-state index contributed by atoms with van der Waals surface area (Å²) in [5.74, 6) is 0.780. The van der Waals surface area contributed by atoms with Crippen molar-refractivity contribution in [3.63, 3.8) is 0 Å². The topological polar surface area (TPSA) is 86.5 Å². The van der Waals surface area contributed by atoms with Crippen LogP contribution < -0.4 is 4.74 Å². The maximum absolute atomic E-state index is 13.9. The molecule has 31 heavy (non-hydrogen) atoms. The number of para-hydroxylation sites is 2. The molecule has 2 aromatic heterocycles. The number of ether oxygens (including phenoxy) is 2. The van der Waals surface area contributed by atoms with Crippen LogP contribution >= 0.6 is 0 Å². The summed E-state index contributed by atoms with van der Waals surface area (Å²) in [6, 6.07) is 9.36. The first-order chi connectivity index (χ1) is 15.0. The Morgan fingerprint density at radius 1 is 1.26 bits per heavy atom. The zero-order chi connectivity index (χ0) is 22.0. The van der Waals surface area contributed by atoms with Gasteiger partial charge >= 0.3 is 6.09 Å². The second-order valence-corrected chi connectivity index (χ2v) is 9.18. The number of methoxy groups -OCH3 is 1. The molecule has 1 aliphatic carbocycles. The lowest BCUT2D eigenvalue weighted by atomic mass is 10.1. The summed E-state index contributed by atoms with van der Waals surface area (Å²) in [5.41, 5.74) is 3.30. The van der Waals surface area contributed by atoms with Crippen molar-refractivity contribution in [2.75, 3.05) is 21.2 Å². The number of hydrogen-bond donors (Lipinski definition) is 0. The molecule has 1 aliphatic rings. The highest BCUT2D eigenvalue weighted by atomic mass is 32.2. The summed E-state index contributed by atoms with van der Waals surface area (Å²) in [7, 11) is 3.39. The standard InChI is InChI=1S/C22H26N4O4S/c1-25(2)22(27)30-14-26-17-10-6-5-9-16(17)24-21(26)31(28)19-11-7-4-8-15-18(29-3)12-13-23-20(15)19/h5-6,9-10,12-13,19H,4,7-8,11,14H2,1-3H3. The fourth-order valence-corrected chi connectivity index (χ4v) is 5.49. The average Bonchev–Trinajstić information content (AvgIpc) is 3.00. The number of nitrogens with zero attached hydrogens (tertiary/aromatic N) is 4. The van der Waals surface area contributed by atoms with E-state index in [1.165, 1.54) is 4.90 Å². The Labute approximate surface area is 183 Å². The Kier molecular flexibility index (Phi) is 6.22. The third-order valence-corrected chi connectivity index (χ3v) is 7.10. The lowest BCUT2D eigenvalue weighted by Crippen LogP contribution is -2.24. The van der Waals surface area contributed by atoms with E-state index in [2.05, 4.69) is 9.97 Å². The van der Waals surface area contributed by atoms with Crippen molar-refractivity contribution < 1.29 is 18.5 Å². The minimum absolute atomic E-state index is 0.0658. The van der Waals surface area contributed by atoms with Crippen LogP contribution in [0, 0.1) is 0 Å². The third kappa shape index (κ3) is 4.14. The molecule has 9 heteroatoms. The van der Waals surface area contributed by atoms with Gasteiger partial charge in [0.25, 0.3) is 0 Å². The number of aromatic nitrogens is 3. The maximum atomic E-state index is 13.9. The fraction of sp³-hybridized carbons (Fsp3) is 0.409. The summed E-state index contributed by atoms with van der Waals surface area (Å²) in [4.78, 5) is 22.6. The van der Waals surface area contributed by atoms with Crippen molar-refractivity contribution in [1.29, 1.82) is 0 Å². The molecule has 4 rings (SSSR count). The SMILES string of the molecule is COc1ccnc2c1CCCCC2S(=O)c1nc2ccccc2n1COC(=O)N(C)C. The van der Waals surface area contributed by atoms with Crippen LogP contribution in [-0.4, -0.2) is 50.9 Å². The molecule has 0 bridgehead atoms. The summed E-state index contributed by atoms with van der Waals surface area (Å²) >= 11 is 0. The predicted octanol–water partition coefficient (Wildman–Crippen LogP) is 3.67. The Hall–Kier alpha value is -2.94. The third-order valence-electron chi connectivity index (χ3n) is 5.45. The van der Waals surface area contributed by atoms with Crippen LogP contribution in [0.3, 0.4) is 0 Å². The highest BCUT2D eigenvalue weighted by Crippen LogP contribution is 2.38. The quantitative estimate of drug-likeness (QED) is 0.561. The van der Waals surface area contributed by atoms with Crippen molar-refractivity contribution >= 4 is 27.9 Å². The first-order valence-corrected chi connectivity index (χ1v) is 11.4. The van der Waals surface area contributed by atoms with Crippen LogP contribution in [0.25, 0.3) is 11.0 Å². The molecule has 0 aliphatic heterocycles. The minimum atomic E-state index is -1.49. The molecular weight excluding hydrogens is 416 g/mol. The van der Waals surface area contributed by atoms with Crippen molar-refractivity contribution in [3.8, 4) is 5.75 Å². The summed E-state index contributed by atoms with van der Waals surface area (Å²) in [6.07, 6.45) is 4.73. The molecule has 0 fully saturated rings. The number of rotatable bonds is 5. The van der Waals surface area contributed by atoms with E-state index in [-0.39, 0.29) is 12.0 Å². The molecule has 0 N–H and O–H groups in total. The van der Waals surface area contributed by atoms with Gasteiger partial charge in [-0.3, -0.25) is 13.8 Å². The van der Waals surface area contributed by atoms with Gasteiger partial charge < -0.3 is 14.4 Å². The number of benzene rings is 1. The van der Waals surface area contributed by atoms with Crippen molar-refractivity contribution in [2.24, 2.45) is 0 Å². The maximum Gasteiger partial charge on any atom is 0.410 e. The van der Waals surface area contributed by atoms with Gasteiger partial charge in [-0.05, 0) is 37.5 Å². The Morgan fingerprint density at radius 2 is 2.06 bits per heavy atom. The summed E-state index contributed by atoms with van der Waals surface area (Å²) < 4.78 is 26.5. The second kappa shape index (κ2) is 9.05. The first-order valence-electron chi connectivity index (χ1n) is 10.2. The number of carbonyl (C=O) groups excluding carboxylic acids is 1. The van der Waals surface area contributed by atoms with Gasteiger partial charge in [-0.15, -0.1) is 0 Å². The molecule has 1 amide bonds. The molecule has 2 unspecified atom stereocenters. The van der Waals surface area contributed by atoms with Gasteiger partial charge in [0.05, 0.1) is 39.9 Å². The van der Waals surface area contributed by atoms with Gasteiger partial charge in [0.15, 0.2) is 6.73 Å². The van der Waals surface area contributed by atoms with Crippen LogP contribution in [0.1, 0.15) is 35.8 Å². The second-order valence-electron chi connectivity index (χ2n) is 7.65. The largest absolute Gasteiger partial charge is 0.496 e. The van der Waals surface area contributed by atoms with E-state index in [0.29, 0.717) is 10.7 Å². The number of hydrogen-bond acceptors (Lipinski definition) is 6. The lowest BCUT2D eigenvalue weighted by Gasteiger charge is -2.18. The molecule has 3 aromatic rings. The summed E-state index contributed by atoms with van der Waals surface area (Å²) in [6.45, 7) is -0.0658. The molecule has 164 valence electrons. The van der Waals surface area contributed by atoms with Crippen molar-refractivity contribution in [2.45, 2.75) is 42.8 Å². The number of amides is 1. The zero-order valence-electron chi connectivity index (χ0n) is 17.9. The molecule has 2 heterocycles. The van der Waals surface area contributed by atoms with Gasteiger partial charge in [0.2, 0.25) is 5.16 Å². The number of fused-ring (bicyclic) bond motifs is 2. The molecule has 0 spiro atoms. The van der Waals surface area contributed by atoms with Crippen LogP contribution in [0.2, 0.25) is 0 Å². The van der Waals surface area contributed by atoms with Gasteiger partial charge in [-0.25, -0.2) is 9.78 Å². The van der Waals surface area contributed by atoms with Gasteiger partial charge in [-0.1, -0.05) is 18.6 Å². The Morgan fingerprint density at radius 3 is 2.84 bits per heavy atom. The lowest BCUT2D eigenvalue weighted by molar-refractivity contribution is 0.0872. The van der Waals surface area contributed by atoms with Crippen LogP contribution in [0.4, 0.5) is 4.79 Å². The monoisotopic (exact) mass is 442 g/mol. The molecule has 2 atom stereocenters. The number of pyridine rings is 1. The molecule has 1 aromatic carbocycles. The highest BCUT2D eigenvalue weighted by Gasteiger charge is 2.31. The first kappa shape index (κ1) is 21.3.